The van der Waals surface area contributed by atoms with Crippen LogP contribution in [0.25, 0.3) is 5.69 Å². The number of nitrogens with one attached hydrogen (secondary N) is 1. The van der Waals surface area contributed by atoms with Crippen LogP contribution in [0.2, 0.25) is 0 Å². The lowest BCUT2D eigenvalue weighted by molar-refractivity contribution is -0.116. The van der Waals surface area contributed by atoms with Gasteiger partial charge in [-0.15, -0.1) is 5.10 Å². The Morgan fingerprint density at radius 1 is 1.08 bits per heavy atom. The Morgan fingerprint density at radius 2 is 1.77 bits per heavy atom. The quantitative estimate of drug-likeness (QED) is 0.756. The Kier molecular flexibility index (Phi) is 5.02. The monoisotopic (exact) mass is 350 g/mol. The third kappa shape index (κ3) is 4.10. The molecule has 1 N–H and O–H groups in total. The van der Waals surface area contributed by atoms with Gasteiger partial charge in [-0.1, -0.05) is 17.7 Å². The van der Waals surface area contributed by atoms with E-state index in [2.05, 4.69) is 20.8 Å². The largest absolute Gasteiger partial charge is 0.332 e. The summed E-state index contributed by atoms with van der Waals surface area (Å²) in [6, 6.07) is 14.3. The molecule has 0 aliphatic rings. The Labute approximate surface area is 150 Å². The van der Waals surface area contributed by atoms with Crippen LogP contribution in [-0.4, -0.2) is 50.5 Å². The molecule has 3 rings (SSSR count). The molecule has 0 aliphatic heterocycles. The summed E-state index contributed by atoms with van der Waals surface area (Å²) in [6.07, 6.45) is 1.47. The first-order valence-electron chi connectivity index (χ1n) is 7.98. The molecule has 0 spiro atoms. The van der Waals surface area contributed by atoms with Gasteiger partial charge in [-0.25, -0.2) is 4.68 Å². The van der Waals surface area contributed by atoms with Crippen molar-refractivity contribution in [1.82, 2.24) is 25.1 Å². The second-order valence-electron chi connectivity index (χ2n) is 5.88. The maximum absolute atomic E-state index is 12.5. The van der Waals surface area contributed by atoms with E-state index < -0.39 is 0 Å². The lowest BCUT2D eigenvalue weighted by Crippen LogP contribution is -2.34. The summed E-state index contributed by atoms with van der Waals surface area (Å²) in [6.45, 7) is 1.93. The van der Waals surface area contributed by atoms with Gasteiger partial charge < -0.3 is 10.2 Å². The highest BCUT2D eigenvalue weighted by Crippen LogP contribution is 2.11. The molecule has 2 aromatic carbocycles. The van der Waals surface area contributed by atoms with Gasteiger partial charge in [-0.2, -0.15) is 0 Å². The molecule has 0 radical (unpaired) electrons. The zero-order valence-corrected chi connectivity index (χ0v) is 14.5. The van der Waals surface area contributed by atoms with Crippen LogP contribution in [0.15, 0.2) is 54.9 Å². The van der Waals surface area contributed by atoms with E-state index in [0.717, 1.165) is 11.3 Å². The van der Waals surface area contributed by atoms with E-state index in [1.165, 1.54) is 15.9 Å². The predicted molar refractivity (Wildman–Crippen MR) is 95.9 cm³/mol. The highest BCUT2D eigenvalue weighted by atomic mass is 16.2. The summed E-state index contributed by atoms with van der Waals surface area (Å²) in [5.41, 5.74) is 3.03. The fourth-order valence-corrected chi connectivity index (χ4v) is 2.38. The number of tetrazole rings is 1. The van der Waals surface area contributed by atoms with Crippen molar-refractivity contribution in [3.63, 3.8) is 0 Å². The molecule has 8 nitrogen and oxygen atoms in total. The standard InChI is InChI=1S/C18H18N6O2/c1-13-3-7-15(8-4-13)20-17(25)11-23(2)18(26)14-5-9-16(10-6-14)24-12-19-21-22-24/h3-10,12H,11H2,1-2H3,(H,20,25). The summed E-state index contributed by atoms with van der Waals surface area (Å²) in [5.74, 6) is -0.498. The van der Waals surface area contributed by atoms with Crippen molar-refractivity contribution in [2.24, 2.45) is 0 Å². The van der Waals surface area contributed by atoms with E-state index in [1.807, 2.05) is 31.2 Å². The van der Waals surface area contributed by atoms with Crippen LogP contribution >= 0.6 is 0 Å². The summed E-state index contributed by atoms with van der Waals surface area (Å²) >= 11 is 0. The smallest absolute Gasteiger partial charge is 0.254 e. The number of amides is 2. The lowest BCUT2D eigenvalue weighted by atomic mass is 10.2. The topological polar surface area (TPSA) is 93.0 Å². The van der Waals surface area contributed by atoms with Crippen molar-refractivity contribution in [3.8, 4) is 5.69 Å². The minimum Gasteiger partial charge on any atom is -0.332 e. The molecule has 0 fully saturated rings. The zero-order chi connectivity index (χ0) is 18.5. The normalized spacial score (nSPS) is 10.4. The first kappa shape index (κ1) is 17.3. The maximum atomic E-state index is 12.5. The van der Waals surface area contributed by atoms with Crippen LogP contribution in [0.4, 0.5) is 5.69 Å². The lowest BCUT2D eigenvalue weighted by Gasteiger charge is -2.17. The molecule has 0 bridgehead atoms. The van der Waals surface area contributed by atoms with E-state index in [-0.39, 0.29) is 18.4 Å². The van der Waals surface area contributed by atoms with Gasteiger partial charge in [0.15, 0.2) is 0 Å². The van der Waals surface area contributed by atoms with Crippen LogP contribution < -0.4 is 5.32 Å². The number of aryl methyl sites for hydroxylation is 1. The first-order valence-corrected chi connectivity index (χ1v) is 7.98. The molecular formula is C18H18N6O2. The molecule has 1 aromatic heterocycles. The molecule has 0 unspecified atom stereocenters. The molecule has 3 aromatic rings. The Morgan fingerprint density at radius 3 is 2.38 bits per heavy atom. The number of likely N-dealkylation sites (N-methyl/N-ethyl adjacent to an activating group) is 1. The van der Waals surface area contributed by atoms with E-state index >= 15 is 0 Å². The number of aromatic nitrogens is 4. The van der Waals surface area contributed by atoms with Crippen LogP contribution in [0, 0.1) is 6.92 Å². The van der Waals surface area contributed by atoms with Gasteiger partial charge >= 0.3 is 0 Å². The first-order chi connectivity index (χ1) is 12.5. The molecule has 8 heteroatoms. The third-order valence-electron chi connectivity index (χ3n) is 3.79. The Bertz CT molecular complexity index is 888. The summed E-state index contributed by atoms with van der Waals surface area (Å²) in [7, 11) is 1.59. The second kappa shape index (κ2) is 7.56. The van der Waals surface area contributed by atoms with Gasteiger partial charge in [0.1, 0.15) is 6.33 Å². The van der Waals surface area contributed by atoms with Gasteiger partial charge in [0, 0.05) is 18.3 Å². The SMILES string of the molecule is Cc1ccc(NC(=O)CN(C)C(=O)c2ccc(-n3cnnn3)cc2)cc1. The molecule has 0 atom stereocenters. The van der Waals surface area contributed by atoms with E-state index in [0.29, 0.717) is 11.3 Å². The molecule has 26 heavy (non-hydrogen) atoms. The number of anilines is 1. The van der Waals surface area contributed by atoms with Crippen molar-refractivity contribution in [2.75, 3.05) is 18.9 Å². The number of nitrogens with zero attached hydrogens (tertiary/aromatic N) is 5. The Balaban J connectivity index is 1.60. The van der Waals surface area contributed by atoms with Crippen LogP contribution in [-0.2, 0) is 4.79 Å². The number of carbonyl (C=O) groups is 2. The van der Waals surface area contributed by atoms with Crippen molar-refractivity contribution in [3.05, 3.63) is 66.0 Å². The van der Waals surface area contributed by atoms with Crippen molar-refractivity contribution in [1.29, 1.82) is 0 Å². The number of hydrogen-bond acceptors (Lipinski definition) is 5. The van der Waals surface area contributed by atoms with Crippen molar-refractivity contribution >= 4 is 17.5 Å². The van der Waals surface area contributed by atoms with E-state index in [1.54, 1.807) is 31.3 Å². The number of hydrogen-bond donors (Lipinski definition) is 1. The highest BCUT2D eigenvalue weighted by molar-refractivity contribution is 5.99. The van der Waals surface area contributed by atoms with Crippen LogP contribution in [0.1, 0.15) is 15.9 Å². The average Bonchev–Trinajstić information content (AvgIpc) is 3.18. The molecule has 132 valence electrons. The zero-order valence-electron chi connectivity index (χ0n) is 14.5. The van der Waals surface area contributed by atoms with Gasteiger partial charge in [-0.3, -0.25) is 9.59 Å². The maximum Gasteiger partial charge on any atom is 0.254 e. The van der Waals surface area contributed by atoms with Crippen LogP contribution in [0.3, 0.4) is 0 Å². The van der Waals surface area contributed by atoms with Gasteiger partial charge in [-0.05, 0) is 53.7 Å². The van der Waals surface area contributed by atoms with Gasteiger partial charge in [0.2, 0.25) is 5.91 Å². The molecule has 2 amide bonds. The highest BCUT2D eigenvalue weighted by Gasteiger charge is 2.15. The minimum atomic E-state index is -0.255. The molecule has 0 saturated heterocycles. The Hall–Kier alpha value is -3.55. The average molecular weight is 350 g/mol. The fourth-order valence-electron chi connectivity index (χ4n) is 2.38. The fraction of sp³-hybridized carbons (Fsp3) is 0.167. The minimum absolute atomic E-state index is 0.0402. The van der Waals surface area contributed by atoms with Crippen LogP contribution in [0.5, 0.6) is 0 Å². The summed E-state index contributed by atoms with van der Waals surface area (Å²) < 4.78 is 1.49. The second-order valence-corrected chi connectivity index (χ2v) is 5.88. The summed E-state index contributed by atoms with van der Waals surface area (Å²) in [5, 5.41) is 13.7. The van der Waals surface area contributed by atoms with Crippen molar-refractivity contribution < 1.29 is 9.59 Å². The molecule has 0 saturated carbocycles. The predicted octanol–water partition coefficient (Wildman–Crippen LogP) is 1.68. The van der Waals surface area contributed by atoms with Crippen molar-refractivity contribution in [2.45, 2.75) is 6.92 Å². The van der Waals surface area contributed by atoms with E-state index in [4.69, 9.17) is 0 Å². The molecule has 1 heterocycles. The summed E-state index contributed by atoms with van der Waals surface area (Å²) in [4.78, 5) is 26.0. The third-order valence-corrected chi connectivity index (χ3v) is 3.79. The molecular weight excluding hydrogens is 332 g/mol. The van der Waals surface area contributed by atoms with E-state index in [9.17, 15) is 9.59 Å². The van der Waals surface area contributed by atoms with Gasteiger partial charge in [0.25, 0.3) is 5.91 Å². The number of benzene rings is 2. The molecule has 0 aliphatic carbocycles. The number of carbonyl (C=O) groups excluding carboxylic acids is 2. The number of rotatable bonds is 5. The van der Waals surface area contributed by atoms with Gasteiger partial charge in [0.05, 0.1) is 12.2 Å².